The van der Waals surface area contributed by atoms with Gasteiger partial charge in [0.05, 0.1) is 0 Å². The second-order valence-corrected chi connectivity index (χ2v) is 3.36. The molecule has 0 spiro atoms. The van der Waals surface area contributed by atoms with Crippen LogP contribution in [0, 0.1) is 0 Å². The molecular formula is C12H11NO2. The largest absolute Gasteiger partial charge is 0.508 e. The average Bonchev–Trinajstić information content (AvgIpc) is 2.16. The van der Waals surface area contributed by atoms with Crippen LogP contribution < -0.4 is 5.73 Å². The van der Waals surface area contributed by atoms with Crippen LogP contribution in [0.15, 0.2) is 42.5 Å². The molecule has 0 aliphatic carbocycles. The first-order chi connectivity index (χ1) is 7.15. The summed E-state index contributed by atoms with van der Waals surface area (Å²) in [6.45, 7) is 0. The van der Waals surface area contributed by atoms with Gasteiger partial charge >= 0.3 is 0 Å². The number of hydrogen-bond donors (Lipinski definition) is 3. The van der Waals surface area contributed by atoms with Gasteiger partial charge in [0, 0.05) is 11.8 Å². The topological polar surface area (TPSA) is 66.5 Å². The van der Waals surface area contributed by atoms with E-state index in [1.54, 1.807) is 30.3 Å². The van der Waals surface area contributed by atoms with Gasteiger partial charge in [-0.25, -0.2) is 0 Å². The van der Waals surface area contributed by atoms with Crippen molar-refractivity contribution in [2.24, 2.45) is 0 Å². The van der Waals surface area contributed by atoms with Crippen molar-refractivity contribution in [1.82, 2.24) is 0 Å². The van der Waals surface area contributed by atoms with Gasteiger partial charge in [0.15, 0.2) is 0 Å². The summed E-state index contributed by atoms with van der Waals surface area (Å²) in [6.07, 6.45) is 0. The van der Waals surface area contributed by atoms with E-state index >= 15 is 0 Å². The van der Waals surface area contributed by atoms with Gasteiger partial charge in [-0.1, -0.05) is 12.1 Å². The van der Waals surface area contributed by atoms with Crippen molar-refractivity contribution in [3.05, 3.63) is 42.5 Å². The summed E-state index contributed by atoms with van der Waals surface area (Å²) in [5, 5.41) is 18.7. The predicted octanol–water partition coefficient (Wildman–Crippen LogP) is 2.35. The fourth-order valence-electron chi connectivity index (χ4n) is 1.49. The van der Waals surface area contributed by atoms with Crippen LogP contribution in [0.5, 0.6) is 11.5 Å². The maximum atomic E-state index is 9.38. The number of aromatic hydroxyl groups is 2. The lowest BCUT2D eigenvalue weighted by molar-refractivity contribution is 0.474. The highest BCUT2D eigenvalue weighted by atomic mass is 16.3. The number of rotatable bonds is 1. The number of nitrogens with two attached hydrogens (primary N) is 1. The first kappa shape index (κ1) is 9.40. The summed E-state index contributed by atoms with van der Waals surface area (Å²) in [4.78, 5) is 0. The predicted molar refractivity (Wildman–Crippen MR) is 59.6 cm³/mol. The molecule has 0 amide bonds. The van der Waals surface area contributed by atoms with Gasteiger partial charge < -0.3 is 15.9 Å². The minimum atomic E-state index is 0.119. The third kappa shape index (κ3) is 2.02. The quantitative estimate of drug-likeness (QED) is 0.620. The molecule has 0 aliphatic heterocycles. The second-order valence-electron chi connectivity index (χ2n) is 3.36. The van der Waals surface area contributed by atoms with Crippen molar-refractivity contribution in [3.63, 3.8) is 0 Å². The molecule has 2 rings (SSSR count). The van der Waals surface area contributed by atoms with E-state index in [4.69, 9.17) is 5.73 Å². The van der Waals surface area contributed by atoms with Gasteiger partial charge in [0.1, 0.15) is 11.5 Å². The minimum absolute atomic E-state index is 0.119. The van der Waals surface area contributed by atoms with Crippen LogP contribution in [0.2, 0.25) is 0 Å². The molecule has 0 saturated heterocycles. The maximum absolute atomic E-state index is 9.38. The Labute approximate surface area is 87.4 Å². The first-order valence-corrected chi connectivity index (χ1v) is 4.54. The van der Waals surface area contributed by atoms with Crippen molar-refractivity contribution in [1.29, 1.82) is 0 Å². The van der Waals surface area contributed by atoms with Crippen molar-refractivity contribution in [3.8, 4) is 22.6 Å². The first-order valence-electron chi connectivity index (χ1n) is 4.54. The number of nitrogen functional groups attached to an aromatic ring is 1. The van der Waals surface area contributed by atoms with E-state index in [1.807, 2.05) is 6.07 Å². The van der Waals surface area contributed by atoms with E-state index in [9.17, 15) is 10.2 Å². The molecule has 0 aromatic heterocycles. The van der Waals surface area contributed by atoms with Gasteiger partial charge in [-0.3, -0.25) is 0 Å². The molecule has 76 valence electrons. The number of hydrogen-bond acceptors (Lipinski definition) is 3. The zero-order valence-electron chi connectivity index (χ0n) is 8.01. The smallest absolute Gasteiger partial charge is 0.118 e. The van der Waals surface area contributed by atoms with Crippen molar-refractivity contribution in [2.75, 3.05) is 5.73 Å². The number of phenolic OH excluding ortho intramolecular Hbond substituents is 2. The van der Waals surface area contributed by atoms with Gasteiger partial charge in [-0.15, -0.1) is 0 Å². The Hall–Kier alpha value is -2.16. The molecule has 0 atom stereocenters. The highest BCUT2D eigenvalue weighted by molar-refractivity contribution is 5.70. The highest BCUT2D eigenvalue weighted by Crippen LogP contribution is 2.28. The van der Waals surface area contributed by atoms with E-state index in [2.05, 4.69) is 0 Å². The van der Waals surface area contributed by atoms with Gasteiger partial charge in [0.2, 0.25) is 0 Å². The van der Waals surface area contributed by atoms with Crippen molar-refractivity contribution in [2.45, 2.75) is 0 Å². The Morgan fingerprint density at radius 2 is 1.53 bits per heavy atom. The van der Waals surface area contributed by atoms with Crippen molar-refractivity contribution < 1.29 is 10.2 Å². The lowest BCUT2D eigenvalue weighted by Gasteiger charge is -2.04. The Kier molecular flexibility index (Phi) is 2.21. The van der Waals surface area contributed by atoms with E-state index in [0.717, 1.165) is 11.1 Å². The minimum Gasteiger partial charge on any atom is -0.508 e. The Balaban J connectivity index is 2.54. The van der Waals surface area contributed by atoms with E-state index in [-0.39, 0.29) is 11.5 Å². The highest BCUT2D eigenvalue weighted by Gasteiger charge is 2.01. The van der Waals surface area contributed by atoms with Gasteiger partial charge in [-0.05, 0) is 35.4 Å². The summed E-state index contributed by atoms with van der Waals surface area (Å²) >= 11 is 0. The van der Waals surface area contributed by atoms with Gasteiger partial charge in [-0.2, -0.15) is 0 Å². The molecule has 0 radical (unpaired) electrons. The van der Waals surface area contributed by atoms with Crippen LogP contribution in [0.4, 0.5) is 5.69 Å². The summed E-state index contributed by atoms with van der Waals surface area (Å²) in [5.74, 6) is 0.308. The maximum Gasteiger partial charge on any atom is 0.118 e. The summed E-state index contributed by atoms with van der Waals surface area (Å²) < 4.78 is 0. The zero-order chi connectivity index (χ0) is 10.8. The lowest BCUT2D eigenvalue weighted by Crippen LogP contribution is -1.85. The van der Waals surface area contributed by atoms with Crippen LogP contribution in [0.3, 0.4) is 0 Å². The van der Waals surface area contributed by atoms with Crippen molar-refractivity contribution >= 4 is 5.69 Å². The van der Waals surface area contributed by atoms with Gasteiger partial charge in [0.25, 0.3) is 0 Å². The molecule has 0 unspecified atom stereocenters. The Bertz CT molecular complexity index is 474. The van der Waals surface area contributed by atoms with E-state index in [1.165, 1.54) is 6.07 Å². The third-order valence-corrected chi connectivity index (χ3v) is 2.12. The zero-order valence-corrected chi connectivity index (χ0v) is 8.01. The molecule has 0 fully saturated rings. The standard InChI is InChI=1S/C12H11NO2/c13-10-4-9(6-12(15)7-10)8-2-1-3-11(14)5-8/h1-7,14-15H,13H2. The normalized spacial score (nSPS) is 10.1. The molecule has 2 aromatic rings. The molecule has 0 bridgehead atoms. The number of anilines is 1. The molecular weight excluding hydrogens is 190 g/mol. The molecule has 4 N–H and O–H groups in total. The van der Waals surface area contributed by atoms with E-state index in [0.29, 0.717) is 5.69 Å². The van der Waals surface area contributed by atoms with Crippen LogP contribution in [-0.2, 0) is 0 Å². The molecule has 0 saturated carbocycles. The average molecular weight is 201 g/mol. The fourth-order valence-corrected chi connectivity index (χ4v) is 1.49. The molecule has 3 heteroatoms. The third-order valence-electron chi connectivity index (χ3n) is 2.12. The summed E-state index contributed by atoms with van der Waals surface area (Å²) in [5.41, 5.74) is 7.70. The Morgan fingerprint density at radius 1 is 0.800 bits per heavy atom. The SMILES string of the molecule is Nc1cc(O)cc(-c2cccc(O)c2)c1. The lowest BCUT2D eigenvalue weighted by atomic mass is 10.0. The van der Waals surface area contributed by atoms with Crippen LogP contribution in [-0.4, -0.2) is 10.2 Å². The molecule has 15 heavy (non-hydrogen) atoms. The number of phenols is 2. The molecule has 0 aliphatic rings. The van der Waals surface area contributed by atoms with Crippen LogP contribution >= 0.6 is 0 Å². The van der Waals surface area contributed by atoms with E-state index < -0.39 is 0 Å². The monoisotopic (exact) mass is 201 g/mol. The molecule has 0 heterocycles. The Morgan fingerprint density at radius 3 is 2.20 bits per heavy atom. The van der Waals surface area contributed by atoms with Crippen LogP contribution in [0.1, 0.15) is 0 Å². The summed E-state index contributed by atoms with van der Waals surface area (Å²) in [6, 6.07) is 11.6. The second kappa shape index (κ2) is 3.53. The molecule has 2 aromatic carbocycles. The fraction of sp³-hybridized carbons (Fsp3) is 0. The number of benzene rings is 2. The van der Waals surface area contributed by atoms with Crippen LogP contribution in [0.25, 0.3) is 11.1 Å². The summed E-state index contributed by atoms with van der Waals surface area (Å²) in [7, 11) is 0. The molecule has 3 nitrogen and oxygen atoms in total.